The third kappa shape index (κ3) is 5.49. The van der Waals surface area contributed by atoms with Crippen molar-refractivity contribution in [1.29, 1.82) is 0 Å². The fourth-order valence-corrected chi connectivity index (χ4v) is 3.36. The minimum absolute atomic E-state index is 0.00172. The van der Waals surface area contributed by atoms with Gasteiger partial charge in [-0.05, 0) is 50.5 Å². The van der Waals surface area contributed by atoms with Gasteiger partial charge in [0.05, 0.1) is 12.6 Å². The van der Waals surface area contributed by atoms with Gasteiger partial charge in [0.1, 0.15) is 18.0 Å². The third-order valence-electron chi connectivity index (χ3n) is 4.79. The van der Waals surface area contributed by atoms with E-state index in [4.69, 9.17) is 9.47 Å². The fourth-order valence-electron chi connectivity index (χ4n) is 3.36. The number of amides is 1. The molecule has 0 unspecified atom stereocenters. The summed E-state index contributed by atoms with van der Waals surface area (Å²) in [5.41, 5.74) is 1.65. The maximum absolute atomic E-state index is 12.2. The van der Waals surface area contributed by atoms with Crippen LogP contribution in [0, 0.1) is 0 Å². The predicted octanol–water partition coefficient (Wildman–Crippen LogP) is 4.35. The Morgan fingerprint density at radius 2 is 1.79 bits per heavy atom. The topological polar surface area (TPSA) is 59.0 Å². The van der Waals surface area contributed by atoms with Crippen LogP contribution < -0.4 is 4.74 Å². The molecule has 150 valence electrons. The number of aliphatic hydroxyl groups excluding tert-OH is 1. The normalized spacial score (nSPS) is 19.9. The van der Waals surface area contributed by atoms with E-state index >= 15 is 0 Å². The molecule has 0 bridgehead atoms. The Balaban J connectivity index is 1.55. The van der Waals surface area contributed by atoms with Gasteiger partial charge >= 0.3 is 6.09 Å². The third-order valence-corrected chi connectivity index (χ3v) is 4.79. The average Bonchev–Trinajstić information content (AvgIpc) is 2.66. The number of ether oxygens (including phenoxy) is 2. The molecule has 3 rings (SSSR count). The maximum Gasteiger partial charge on any atom is 0.410 e. The maximum atomic E-state index is 12.2. The average molecular weight is 383 g/mol. The standard InChI is InChI=1S/C23H29NO4/c1-23(2,3)28-22(26)24-14-13-20(21(25)15-24)18-9-11-19(12-10-18)27-16-17-7-5-4-6-8-17/h4-12,20-21,25H,13-16H2,1-3H3/t20-,21+/m1/s1. The predicted molar refractivity (Wildman–Crippen MR) is 108 cm³/mol. The van der Waals surface area contributed by atoms with Gasteiger partial charge in [-0.25, -0.2) is 4.79 Å². The number of nitrogens with zero attached hydrogens (tertiary/aromatic N) is 1. The number of hydrogen-bond acceptors (Lipinski definition) is 4. The first-order valence-electron chi connectivity index (χ1n) is 9.74. The molecule has 1 N–H and O–H groups in total. The zero-order valence-electron chi connectivity index (χ0n) is 16.8. The van der Waals surface area contributed by atoms with Gasteiger partial charge in [-0.15, -0.1) is 0 Å². The lowest BCUT2D eigenvalue weighted by Gasteiger charge is -2.36. The second-order valence-electron chi connectivity index (χ2n) is 8.23. The zero-order valence-corrected chi connectivity index (χ0v) is 16.8. The number of β-amino-alcohol motifs (C(OH)–C–C–N with tert-alkyl or cyclic N) is 1. The molecule has 0 aromatic heterocycles. The van der Waals surface area contributed by atoms with Gasteiger partial charge in [-0.3, -0.25) is 0 Å². The molecule has 1 heterocycles. The highest BCUT2D eigenvalue weighted by molar-refractivity contribution is 5.68. The molecule has 2 atom stereocenters. The van der Waals surface area contributed by atoms with E-state index in [1.54, 1.807) is 4.90 Å². The van der Waals surface area contributed by atoms with Crippen LogP contribution in [0.25, 0.3) is 0 Å². The summed E-state index contributed by atoms with van der Waals surface area (Å²) in [7, 11) is 0. The largest absolute Gasteiger partial charge is 0.489 e. The second-order valence-corrected chi connectivity index (χ2v) is 8.23. The van der Waals surface area contributed by atoms with Gasteiger partial charge in [-0.2, -0.15) is 0 Å². The summed E-state index contributed by atoms with van der Waals surface area (Å²) in [6, 6.07) is 17.9. The van der Waals surface area contributed by atoms with Crippen molar-refractivity contribution < 1.29 is 19.4 Å². The van der Waals surface area contributed by atoms with Gasteiger partial charge in [0.2, 0.25) is 0 Å². The summed E-state index contributed by atoms with van der Waals surface area (Å²) < 4.78 is 11.2. The van der Waals surface area contributed by atoms with Gasteiger partial charge in [0.15, 0.2) is 0 Å². The van der Waals surface area contributed by atoms with Crippen LogP contribution in [-0.4, -0.2) is 40.9 Å². The Labute approximate surface area is 166 Å². The smallest absolute Gasteiger partial charge is 0.410 e. The van der Waals surface area contributed by atoms with Crippen molar-refractivity contribution in [3.8, 4) is 5.75 Å². The summed E-state index contributed by atoms with van der Waals surface area (Å²) in [5, 5.41) is 10.6. The van der Waals surface area contributed by atoms with Gasteiger partial charge in [-0.1, -0.05) is 42.5 Å². The summed E-state index contributed by atoms with van der Waals surface area (Å²) in [4.78, 5) is 13.8. The van der Waals surface area contributed by atoms with Crippen molar-refractivity contribution in [3.05, 3.63) is 65.7 Å². The van der Waals surface area contributed by atoms with Crippen LogP contribution >= 0.6 is 0 Å². The van der Waals surface area contributed by atoms with Crippen molar-refractivity contribution in [3.63, 3.8) is 0 Å². The van der Waals surface area contributed by atoms with Crippen molar-refractivity contribution in [2.24, 2.45) is 0 Å². The molecule has 0 saturated carbocycles. The molecule has 0 radical (unpaired) electrons. The molecule has 2 aromatic carbocycles. The number of carbonyl (C=O) groups is 1. The number of piperidine rings is 1. The molecule has 1 fully saturated rings. The number of benzene rings is 2. The summed E-state index contributed by atoms with van der Waals surface area (Å²) in [6.45, 7) is 6.91. The van der Waals surface area contributed by atoms with E-state index in [0.717, 1.165) is 16.9 Å². The van der Waals surface area contributed by atoms with Crippen molar-refractivity contribution >= 4 is 6.09 Å². The quantitative estimate of drug-likeness (QED) is 0.853. The van der Waals surface area contributed by atoms with Crippen molar-refractivity contribution in [2.45, 2.75) is 51.4 Å². The first-order chi connectivity index (χ1) is 13.3. The first kappa shape index (κ1) is 20.2. The molecule has 0 aliphatic carbocycles. The van der Waals surface area contributed by atoms with Crippen LogP contribution in [0.4, 0.5) is 4.79 Å². The lowest BCUT2D eigenvalue weighted by Crippen LogP contribution is -2.47. The van der Waals surface area contributed by atoms with Crippen LogP contribution in [0.2, 0.25) is 0 Å². The van der Waals surface area contributed by atoms with Crippen LogP contribution in [0.1, 0.15) is 44.2 Å². The number of hydrogen-bond donors (Lipinski definition) is 1. The summed E-state index contributed by atoms with van der Waals surface area (Å²) in [6.07, 6.45) is -0.281. The molecule has 1 aliphatic heterocycles. The van der Waals surface area contributed by atoms with E-state index in [1.165, 1.54) is 0 Å². The minimum Gasteiger partial charge on any atom is -0.489 e. The molecule has 1 saturated heterocycles. The minimum atomic E-state index is -0.614. The van der Waals surface area contributed by atoms with E-state index in [1.807, 2.05) is 75.4 Å². The molecule has 28 heavy (non-hydrogen) atoms. The first-order valence-corrected chi connectivity index (χ1v) is 9.74. The highest BCUT2D eigenvalue weighted by atomic mass is 16.6. The van der Waals surface area contributed by atoms with E-state index in [9.17, 15) is 9.90 Å². The molecule has 0 spiro atoms. The van der Waals surface area contributed by atoms with Gasteiger partial charge < -0.3 is 19.5 Å². The second kappa shape index (κ2) is 8.65. The molecular weight excluding hydrogens is 354 g/mol. The molecule has 1 aliphatic rings. The zero-order chi connectivity index (χ0) is 20.1. The number of carbonyl (C=O) groups excluding carboxylic acids is 1. The van der Waals surface area contributed by atoms with E-state index in [0.29, 0.717) is 19.6 Å². The van der Waals surface area contributed by atoms with E-state index in [2.05, 4.69) is 0 Å². The lowest BCUT2D eigenvalue weighted by molar-refractivity contribution is -0.00152. The number of likely N-dealkylation sites (tertiary alicyclic amines) is 1. The fraction of sp³-hybridized carbons (Fsp3) is 0.435. The monoisotopic (exact) mass is 383 g/mol. The molecule has 2 aromatic rings. The van der Waals surface area contributed by atoms with Gasteiger partial charge in [0.25, 0.3) is 0 Å². The van der Waals surface area contributed by atoms with Crippen LogP contribution in [0.15, 0.2) is 54.6 Å². The Kier molecular flexibility index (Phi) is 6.25. The SMILES string of the molecule is CC(C)(C)OC(=O)N1CC[C@H](c2ccc(OCc3ccccc3)cc2)[C@@H](O)C1. The van der Waals surface area contributed by atoms with Crippen LogP contribution in [0.3, 0.4) is 0 Å². The Morgan fingerprint density at radius 1 is 1.11 bits per heavy atom. The van der Waals surface area contributed by atoms with Crippen LogP contribution in [-0.2, 0) is 11.3 Å². The molecule has 5 heteroatoms. The number of rotatable bonds is 4. The van der Waals surface area contributed by atoms with E-state index < -0.39 is 11.7 Å². The molecule has 5 nitrogen and oxygen atoms in total. The Bertz CT molecular complexity index is 767. The highest BCUT2D eigenvalue weighted by Gasteiger charge is 2.33. The Hall–Kier alpha value is -2.53. The lowest BCUT2D eigenvalue weighted by atomic mass is 9.87. The van der Waals surface area contributed by atoms with Gasteiger partial charge in [0, 0.05) is 12.5 Å². The Morgan fingerprint density at radius 3 is 2.39 bits per heavy atom. The van der Waals surface area contributed by atoms with Crippen molar-refractivity contribution in [2.75, 3.05) is 13.1 Å². The van der Waals surface area contributed by atoms with Crippen molar-refractivity contribution in [1.82, 2.24) is 4.90 Å². The summed E-state index contributed by atoms with van der Waals surface area (Å²) >= 11 is 0. The van der Waals surface area contributed by atoms with E-state index in [-0.39, 0.29) is 18.6 Å². The summed E-state index contributed by atoms with van der Waals surface area (Å²) in [5.74, 6) is 0.801. The van der Waals surface area contributed by atoms with Crippen LogP contribution in [0.5, 0.6) is 5.75 Å². The molecular formula is C23H29NO4. The number of aliphatic hydroxyl groups is 1. The molecule has 1 amide bonds. The highest BCUT2D eigenvalue weighted by Crippen LogP contribution is 2.30.